The first kappa shape index (κ1) is 15.7. The Balaban J connectivity index is 2.50. The topological polar surface area (TPSA) is 38.3 Å². The Bertz CT molecular complexity index is 390. The third-order valence-corrected chi connectivity index (χ3v) is 3.12. The van der Waals surface area contributed by atoms with Crippen LogP contribution in [0.2, 0.25) is 0 Å². The summed E-state index contributed by atoms with van der Waals surface area (Å²) < 4.78 is 5.08. The molecule has 3 heteroatoms. The Morgan fingerprint density at radius 1 is 1.37 bits per heavy atom. The fraction of sp³-hybridized carbons (Fsp3) is 0.562. The Labute approximate surface area is 116 Å². The molecule has 0 bridgehead atoms. The van der Waals surface area contributed by atoms with Crippen LogP contribution in [0.4, 0.5) is 0 Å². The highest BCUT2D eigenvalue weighted by Gasteiger charge is 2.09. The maximum atomic E-state index is 12.1. The number of hydrogen-bond acceptors (Lipinski definition) is 2. The van der Waals surface area contributed by atoms with E-state index in [0.29, 0.717) is 12.2 Å². The summed E-state index contributed by atoms with van der Waals surface area (Å²) in [5.74, 6) is 0.00181. The minimum atomic E-state index is 0.00181. The summed E-state index contributed by atoms with van der Waals surface area (Å²) >= 11 is 0. The van der Waals surface area contributed by atoms with Crippen LogP contribution in [0.3, 0.4) is 0 Å². The van der Waals surface area contributed by atoms with Gasteiger partial charge in [0.1, 0.15) is 0 Å². The van der Waals surface area contributed by atoms with Crippen molar-refractivity contribution in [1.29, 1.82) is 0 Å². The first-order valence-corrected chi connectivity index (χ1v) is 7.06. The molecule has 0 saturated heterocycles. The van der Waals surface area contributed by atoms with Gasteiger partial charge >= 0.3 is 0 Å². The number of carbonyl (C=O) groups is 1. The van der Waals surface area contributed by atoms with Gasteiger partial charge in [-0.25, -0.2) is 0 Å². The van der Waals surface area contributed by atoms with Crippen molar-refractivity contribution >= 4 is 5.91 Å². The molecular weight excluding hydrogens is 238 g/mol. The monoisotopic (exact) mass is 263 g/mol. The molecule has 1 N–H and O–H groups in total. The highest BCUT2D eigenvalue weighted by molar-refractivity contribution is 5.94. The molecule has 3 nitrogen and oxygen atoms in total. The number of nitrogens with one attached hydrogen (secondary N) is 1. The molecule has 1 aromatic carbocycles. The number of amides is 1. The van der Waals surface area contributed by atoms with Crippen LogP contribution in [0.25, 0.3) is 0 Å². The van der Waals surface area contributed by atoms with Crippen LogP contribution in [0.1, 0.15) is 55.5 Å². The molecule has 0 saturated carbocycles. The zero-order valence-corrected chi connectivity index (χ0v) is 12.2. The molecule has 1 aromatic rings. The lowest BCUT2D eigenvalue weighted by molar-refractivity contribution is 0.0937. The number of benzene rings is 1. The number of hydrogen-bond donors (Lipinski definition) is 1. The maximum absolute atomic E-state index is 12.1. The van der Waals surface area contributed by atoms with Crippen molar-refractivity contribution in [2.75, 3.05) is 7.11 Å². The number of unbranched alkanes of at least 4 members (excludes halogenated alkanes) is 2. The van der Waals surface area contributed by atoms with Gasteiger partial charge in [-0.05, 0) is 31.0 Å². The minimum Gasteiger partial charge on any atom is -0.380 e. The standard InChI is InChI=1S/C16H25NO2/c1-4-5-6-8-13(2)17-16(18)15-10-7-9-14(11-15)12-19-3/h7,9-11,13H,4-6,8,12H2,1-3H3,(H,17,18). The van der Waals surface area contributed by atoms with Gasteiger partial charge in [0.2, 0.25) is 0 Å². The predicted molar refractivity (Wildman–Crippen MR) is 78.2 cm³/mol. The molecule has 0 heterocycles. The summed E-state index contributed by atoms with van der Waals surface area (Å²) in [5, 5.41) is 3.04. The van der Waals surface area contributed by atoms with Gasteiger partial charge in [-0.1, -0.05) is 38.3 Å². The third kappa shape index (κ3) is 5.88. The third-order valence-electron chi connectivity index (χ3n) is 3.12. The lowest BCUT2D eigenvalue weighted by atomic mass is 10.1. The Morgan fingerprint density at radius 2 is 2.16 bits per heavy atom. The van der Waals surface area contributed by atoms with Gasteiger partial charge in [0.15, 0.2) is 0 Å². The van der Waals surface area contributed by atoms with Gasteiger partial charge in [0.25, 0.3) is 5.91 Å². The predicted octanol–water partition coefficient (Wildman–Crippen LogP) is 3.53. The first-order chi connectivity index (χ1) is 9.17. The van der Waals surface area contributed by atoms with E-state index in [0.717, 1.165) is 12.0 Å². The Hall–Kier alpha value is -1.35. The summed E-state index contributed by atoms with van der Waals surface area (Å²) in [6, 6.07) is 7.81. The van der Waals surface area contributed by atoms with Crippen molar-refractivity contribution in [3.63, 3.8) is 0 Å². The fourth-order valence-electron chi connectivity index (χ4n) is 2.05. The van der Waals surface area contributed by atoms with Crippen molar-refractivity contribution in [3.8, 4) is 0 Å². The summed E-state index contributed by atoms with van der Waals surface area (Å²) in [7, 11) is 1.66. The average molecular weight is 263 g/mol. The molecule has 19 heavy (non-hydrogen) atoms. The number of methoxy groups -OCH3 is 1. The molecule has 1 atom stereocenters. The van der Waals surface area contributed by atoms with Crippen molar-refractivity contribution < 1.29 is 9.53 Å². The maximum Gasteiger partial charge on any atom is 0.251 e. The SMILES string of the molecule is CCCCCC(C)NC(=O)c1cccc(COC)c1. The van der Waals surface area contributed by atoms with E-state index in [-0.39, 0.29) is 11.9 Å². The van der Waals surface area contributed by atoms with E-state index < -0.39 is 0 Å². The van der Waals surface area contributed by atoms with E-state index in [9.17, 15) is 4.79 Å². The molecule has 0 radical (unpaired) electrons. The minimum absolute atomic E-state index is 0.00181. The summed E-state index contributed by atoms with van der Waals surface area (Å²) in [5.41, 5.74) is 1.73. The van der Waals surface area contributed by atoms with E-state index >= 15 is 0 Å². The van der Waals surface area contributed by atoms with Gasteiger partial charge in [-0.3, -0.25) is 4.79 Å². The van der Waals surface area contributed by atoms with Crippen LogP contribution in [0.15, 0.2) is 24.3 Å². The van der Waals surface area contributed by atoms with Gasteiger partial charge < -0.3 is 10.1 Å². The first-order valence-electron chi connectivity index (χ1n) is 7.06. The summed E-state index contributed by atoms with van der Waals surface area (Å²) in [6.07, 6.45) is 4.64. The van der Waals surface area contributed by atoms with E-state index in [4.69, 9.17) is 4.74 Å². The van der Waals surface area contributed by atoms with Crippen molar-refractivity contribution in [2.45, 2.75) is 52.2 Å². The van der Waals surface area contributed by atoms with Gasteiger partial charge in [-0.15, -0.1) is 0 Å². The van der Waals surface area contributed by atoms with Crippen LogP contribution < -0.4 is 5.32 Å². The van der Waals surface area contributed by atoms with Crippen LogP contribution in [0.5, 0.6) is 0 Å². The molecule has 0 aliphatic rings. The lowest BCUT2D eigenvalue weighted by Crippen LogP contribution is -2.32. The summed E-state index contributed by atoms with van der Waals surface area (Å²) in [4.78, 5) is 12.1. The summed E-state index contributed by atoms with van der Waals surface area (Å²) in [6.45, 7) is 4.78. The highest BCUT2D eigenvalue weighted by atomic mass is 16.5. The average Bonchev–Trinajstić information content (AvgIpc) is 2.39. The molecule has 0 fully saturated rings. The molecule has 1 amide bonds. The Kier molecular flexibility index (Phi) is 7.19. The molecule has 0 spiro atoms. The van der Waals surface area contributed by atoms with Crippen molar-refractivity contribution in [3.05, 3.63) is 35.4 Å². The van der Waals surface area contributed by atoms with E-state index in [1.807, 2.05) is 24.3 Å². The van der Waals surface area contributed by atoms with Crippen LogP contribution >= 0.6 is 0 Å². The second kappa shape index (κ2) is 8.70. The molecular formula is C16H25NO2. The van der Waals surface area contributed by atoms with E-state index in [1.165, 1.54) is 19.3 Å². The number of carbonyl (C=O) groups excluding carboxylic acids is 1. The zero-order chi connectivity index (χ0) is 14.1. The second-order valence-corrected chi connectivity index (χ2v) is 5.00. The number of rotatable bonds is 8. The molecule has 0 aliphatic carbocycles. The molecule has 0 aliphatic heterocycles. The van der Waals surface area contributed by atoms with Crippen molar-refractivity contribution in [2.24, 2.45) is 0 Å². The second-order valence-electron chi connectivity index (χ2n) is 5.00. The highest BCUT2D eigenvalue weighted by Crippen LogP contribution is 2.08. The van der Waals surface area contributed by atoms with Gasteiger partial charge in [-0.2, -0.15) is 0 Å². The molecule has 0 aromatic heterocycles. The van der Waals surface area contributed by atoms with Crippen LogP contribution in [-0.4, -0.2) is 19.1 Å². The smallest absolute Gasteiger partial charge is 0.251 e. The zero-order valence-electron chi connectivity index (χ0n) is 12.2. The molecule has 1 unspecified atom stereocenters. The largest absolute Gasteiger partial charge is 0.380 e. The fourth-order valence-corrected chi connectivity index (χ4v) is 2.05. The van der Waals surface area contributed by atoms with Gasteiger partial charge in [0, 0.05) is 18.7 Å². The van der Waals surface area contributed by atoms with Crippen molar-refractivity contribution in [1.82, 2.24) is 5.32 Å². The lowest BCUT2D eigenvalue weighted by Gasteiger charge is -2.14. The molecule has 1 rings (SSSR count). The van der Waals surface area contributed by atoms with E-state index in [1.54, 1.807) is 7.11 Å². The quantitative estimate of drug-likeness (QED) is 0.729. The Morgan fingerprint density at radius 3 is 2.84 bits per heavy atom. The molecule has 106 valence electrons. The number of ether oxygens (including phenoxy) is 1. The normalized spacial score (nSPS) is 12.2. The van der Waals surface area contributed by atoms with Crippen LogP contribution in [-0.2, 0) is 11.3 Å². The van der Waals surface area contributed by atoms with Gasteiger partial charge in [0.05, 0.1) is 6.61 Å². The van der Waals surface area contributed by atoms with E-state index in [2.05, 4.69) is 19.2 Å². The van der Waals surface area contributed by atoms with Crippen LogP contribution in [0, 0.1) is 0 Å².